The van der Waals surface area contributed by atoms with Crippen LogP contribution in [-0.2, 0) is 67.3 Å². The van der Waals surface area contributed by atoms with Crippen LogP contribution in [0.5, 0.6) is 17.2 Å². The van der Waals surface area contributed by atoms with Crippen molar-refractivity contribution in [1.29, 1.82) is 0 Å². The fourth-order valence-corrected chi connectivity index (χ4v) is 9.32. The molecule has 4 rings (SSSR count). The first-order valence-corrected chi connectivity index (χ1v) is 23.6. The highest BCUT2D eigenvalue weighted by atomic mass is 32.3. The fraction of sp³-hybridized carbons (Fsp3) is 0.207. The number of hydrogen-bond donors (Lipinski definition) is 7. The van der Waals surface area contributed by atoms with Crippen molar-refractivity contribution in [3.63, 3.8) is 0 Å². The summed E-state index contributed by atoms with van der Waals surface area (Å²) in [4.78, 5) is 9.74. The number of benzene rings is 4. The normalized spacial score (nSPS) is 12.7. The van der Waals surface area contributed by atoms with E-state index in [1.54, 1.807) is 0 Å². The predicted molar refractivity (Wildman–Crippen MR) is 212 cm³/mol. The molecule has 28 nitrogen and oxygen atoms in total. The third kappa shape index (κ3) is 12.9. The second kappa shape index (κ2) is 21.2. The van der Waals surface area contributed by atoms with Gasteiger partial charge in [0.2, 0.25) is 0 Å². The summed E-state index contributed by atoms with van der Waals surface area (Å²) in [6.07, 6.45) is 0. The van der Waals surface area contributed by atoms with Crippen molar-refractivity contribution in [3.8, 4) is 17.2 Å². The molecule has 0 aliphatic rings. The number of phenolic OH excluding ortho intramolecular Hbond substituents is 1. The number of carbonyl (C=O) groups is 1. The largest absolute Gasteiger partial charge is 0.505 e. The first-order chi connectivity index (χ1) is 29.5. The van der Waals surface area contributed by atoms with Crippen LogP contribution in [0, 0.1) is 0 Å². The lowest BCUT2D eigenvalue weighted by Gasteiger charge is -2.15. The number of rotatable bonds is 23. The van der Waals surface area contributed by atoms with Gasteiger partial charge in [-0.1, -0.05) is 10.1 Å². The molecule has 0 atom stereocenters. The number of anilines is 1. The number of nitrogens with zero attached hydrogens (tertiary/aromatic N) is 4. The Morgan fingerprint density at radius 1 is 0.746 bits per heavy atom. The van der Waals surface area contributed by atoms with Gasteiger partial charge >= 0.3 is 16.4 Å². The zero-order chi connectivity index (χ0) is 46.9. The Kier molecular flexibility index (Phi) is 17.1. The van der Waals surface area contributed by atoms with Gasteiger partial charge in [0.05, 0.1) is 77.4 Å². The van der Waals surface area contributed by atoms with Crippen LogP contribution in [0.2, 0.25) is 0 Å². The number of sulfone groups is 2. The molecule has 0 saturated carbocycles. The average molecular weight is 1010 g/mol. The summed E-state index contributed by atoms with van der Waals surface area (Å²) in [5.41, 5.74) is 2.45. The molecule has 0 aliphatic carbocycles. The lowest BCUT2D eigenvalue weighted by molar-refractivity contribution is -0.434. The van der Waals surface area contributed by atoms with Gasteiger partial charge in [0.15, 0.2) is 37.7 Å². The van der Waals surface area contributed by atoms with Crippen LogP contribution in [0.15, 0.2) is 82.5 Å². The number of methoxy groups -OCH3 is 2. The average Bonchev–Trinajstić information content (AvgIpc) is 3.20. The summed E-state index contributed by atoms with van der Waals surface area (Å²) in [6.45, 7) is -1.49. The van der Waals surface area contributed by atoms with Gasteiger partial charge in [-0.15, -0.1) is 29.1 Å². The molecule has 8 N–H and O–H groups in total. The number of carboxylic acids is 1. The Morgan fingerprint density at radius 2 is 1.38 bits per heavy atom. The number of ether oxygens (including phenoxy) is 2. The molecule has 0 saturated heterocycles. The van der Waals surface area contributed by atoms with Crippen LogP contribution >= 0.6 is 24.4 Å². The Balaban J connectivity index is 1.87. The zero-order valence-corrected chi connectivity index (χ0v) is 36.2. The SMILES string of the molecule is COc1cc(S(=O)(=O)CCOSOOO)c(OC)cc1N=Nc1c(SOOO)cc2cc(S(=O)(=O)O)c(N=Nc3ccc(S(=O)(=O)CCOS(=O)(=O)O)cc3C(=O)O)c(N)c2c1O. The number of fused-ring (bicyclic) bond motifs is 1. The first-order valence-electron chi connectivity index (χ1n) is 16.0. The minimum absolute atomic E-state index is 0.145. The van der Waals surface area contributed by atoms with Gasteiger partial charge in [-0.3, -0.25) is 13.3 Å². The molecule has 0 aliphatic heterocycles. The second-order valence-corrected chi connectivity index (χ2v) is 19.4. The molecule has 4 aromatic carbocycles. The van der Waals surface area contributed by atoms with E-state index < -0.39 is 125 Å². The van der Waals surface area contributed by atoms with E-state index in [0.29, 0.717) is 6.07 Å². The monoisotopic (exact) mass is 1010 g/mol. The van der Waals surface area contributed by atoms with E-state index in [4.69, 9.17) is 34.5 Å². The molecule has 63 heavy (non-hydrogen) atoms. The molecule has 0 radical (unpaired) electrons. The van der Waals surface area contributed by atoms with Crippen LogP contribution in [0.4, 0.5) is 28.4 Å². The summed E-state index contributed by atoms with van der Waals surface area (Å²) in [6, 6.07) is 6.17. The van der Waals surface area contributed by atoms with Crippen LogP contribution < -0.4 is 15.2 Å². The summed E-state index contributed by atoms with van der Waals surface area (Å²) >= 11 is 0.332. The van der Waals surface area contributed by atoms with Crippen molar-refractivity contribution < 1.29 is 105 Å². The lowest BCUT2D eigenvalue weighted by Crippen LogP contribution is -2.16. The Morgan fingerprint density at radius 3 is 1.98 bits per heavy atom. The van der Waals surface area contributed by atoms with E-state index in [1.165, 1.54) is 0 Å². The van der Waals surface area contributed by atoms with E-state index in [9.17, 15) is 53.2 Å². The maximum Gasteiger partial charge on any atom is 0.397 e. The molecule has 344 valence electrons. The fourth-order valence-electron chi connectivity index (χ4n) is 5.06. The van der Waals surface area contributed by atoms with E-state index >= 15 is 0 Å². The molecule has 0 aromatic heterocycles. The number of hydrogen-bond acceptors (Lipinski definition) is 27. The van der Waals surface area contributed by atoms with Crippen molar-refractivity contribution >= 4 is 110 Å². The molecule has 0 amide bonds. The Hall–Kier alpha value is -4.89. The molecule has 0 spiro atoms. The number of phenols is 1. The van der Waals surface area contributed by atoms with Gasteiger partial charge in [0.1, 0.15) is 44.0 Å². The van der Waals surface area contributed by atoms with E-state index in [2.05, 4.69) is 43.4 Å². The number of aromatic carboxylic acids is 1. The Labute approximate surface area is 363 Å². The highest BCUT2D eigenvalue weighted by molar-refractivity contribution is 7.94. The number of nitrogen functional groups attached to an aromatic ring is 1. The van der Waals surface area contributed by atoms with Crippen molar-refractivity contribution in [3.05, 3.63) is 48.0 Å². The predicted octanol–water partition coefficient (Wildman–Crippen LogP) is 4.72. The minimum Gasteiger partial charge on any atom is -0.505 e. The number of nitrogens with two attached hydrogens (primary N) is 1. The van der Waals surface area contributed by atoms with Crippen molar-refractivity contribution in [2.24, 2.45) is 20.5 Å². The molecule has 34 heteroatoms. The summed E-state index contributed by atoms with van der Waals surface area (Å²) in [5.74, 6) is -4.84. The second-order valence-electron chi connectivity index (χ2n) is 11.5. The van der Waals surface area contributed by atoms with Gasteiger partial charge < -0.3 is 25.4 Å². The quantitative estimate of drug-likeness (QED) is 0.0100. The van der Waals surface area contributed by atoms with Gasteiger partial charge in [0.25, 0.3) is 10.1 Å². The lowest BCUT2D eigenvalue weighted by atomic mass is 10.1. The zero-order valence-electron chi connectivity index (χ0n) is 31.3. The third-order valence-electron chi connectivity index (χ3n) is 7.75. The van der Waals surface area contributed by atoms with Crippen LogP contribution in [0.3, 0.4) is 0 Å². The van der Waals surface area contributed by atoms with E-state index in [0.717, 1.165) is 50.6 Å². The van der Waals surface area contributed by atoms with Gasteiger partial charge in [-0.2, -0.15) is 16.8 Å². The van der Waals surface area contributed by atoms with Crippen molar-refractivity contribution in [1.82, 2.24) is 0 Å². The standard InChI is InChI=1S/C29H29N5O23S6/c1-50-19-13-22(61(42,43)7-5-52-59-57-55-39)20(51-2)12-18(19)32-33-26-21(58-56-54-38)9-14-10-23(62(44,45)46)27(25(30)24(14)28(26)35)34-31-17-4-3-15(11-16(17)29(36)37)60(40,41)8-6-53-63(47,48)49/h3-4,9-13,35,38-39H,5-8,30H2,1-2H3,(H,36,37)(H,44,45,46)(H,47,48,49). The first kappa shape index (κ1) is 50.8. The summed E-state index contributed by atoms with van der Waals surface area (Å²) in [7, 11) is -16.6. The molecule has 0 bridgehead atoms. The maximum absolute atomic E-state index is 13.1. The van der Waals surface area contributed by atoms with Crippen molar-refractivity contribution in [2.45, 2.75) is 19.6 Å². The van der Waals surface area contributed by atoms with Crippen LogP contribution in [0.1, 0.15) is 10.4 Å². The highest BCUT2D eigenvalue weighted by Crippen LogP contribution is 2.50. The highest BCUT2D eigenvalue weighted by Gasteiger charge is 2.28. The van der Waals surface area contributed by atoms with Gasteiger partial charge in [0, 0.05) is 12.1 Å². The third-order valence-corrected chi connectivity index (χ3v) is 13.4. The smallest absolute Gasteiger partial charge is 0.397 e. The van der Waals surface area contributed by atoms with Crippen LogP contribution in [-0.4, -0.2) is 108 Å². The summed E-state index contributed by atoms with van der Waals surface area (Å²) < 4.78 is 145. The Bertz CT molecular complexity index is 2900. The molecule has 0 heterocycles. The maximum atomic E-state index is 13.1. The van der Waals surface area contributed by atoms with Crippen LogP contribution in [0.25, 0.3) is 10.8 Å². The number of carboxylic acid groups (broad SMARTS) is 1. The number of aromatic hydroxyl groups is 1. The van der Waals surface area contributed by atoms with Gasteiger partial charge in [-0.05, 0) is 35.7 Å². The molecular formula is C29H29N5O23S6. The molecule has 0 unspecified atom stereocenters. The van der Waals surface area contributed by atoms with E-state index in [1.807, 2.05) is 0 Å². The molecule has 0 fully saturated rings. The van der Waals surface area contributed by atoms with Gasteiger partial charge in [-0.25, -0.2) is 36.3 Å². The molecule has 4 aromatic rings. The minimum atomic E-state index is -5.28. The number of azo groups is 2. The van der Waals surface area contributed by atoms with E-state index in [-0.39, 0.29) is 51.8 Å². The van der Waals surface area contributed by atoms with Crippen molar-refractivity contribution in [2.75, 3.05) is 44.7 Å². The molecular weight excluding hydrogens is 979 g/mol. The topological polar surface area (TPSA) is 424 Å². The summed E-state index contributed by atoms with van der Waals surface area (Å²) in [5, 5.41) is 60.1.